The average Bonchev–Trinajstić information content (AvgIpc) is 3.07. The van der Waals surface area contributed by atoms with Gasteiger partial charge in [-0.25, -0.2) is 4.98 Å². The predicted molar refractivity (Wildman–Crippen MR) is 90.4 cm³/mol. The number of methoxy groups -OCH3 is 1. The lowest BCUT2D eigenvalue weighted by molar-refractivity contribution is 0.413. The Morgan fingerprint density at radius 2 is 1.96 bits per heavy atom. The van der Waals surface area contributed by atoms with Crippen molar-refractivity contribution in [2.24, 2.45) is 0 Å². The van der Waals surface area contributed by atoms with Gasteiger partial charge in [-0.15, -0.1) is 5.10 Å². The summed E-state index contributed by atoms with van der Waals surface area (Å²) in [7, 11) is 1.61. The largest absolute Gasteiger partial charge is 0.495 e. The van der Waals surface area contributed by atoms with E-state index in [1.807, 2.05) is 42.5 Å². The first-order valence-electron chi connectivity index (χ1n) is 7.33. The first-order chi connectivity index (χ1) is 11.7. The Morgan fingerprint density at radius 3 is 2.67 bits per heavy atom. The van der Waals surface area contributed by atoms with Gasteiger partial charge in [-0.3, -0.25) is 9.97 Å². The van der Waals surface area contributed by atoms with Crippen molar-refractivity contribution in [2.75, 3.05) is 12.8 Å². The van der Waals surface area contributed by atoms with Crippen molar-refractivity contribution >= 4 is 11.5 Å². The van der Waals surface area contributed by atoms with Gasteiger partial charge in [0.1, 0.15) is 17.3 Å². The fourth-order valence-corrected chi connectivity index (χ4v) is 2.43. The zero-order valence-electron chi connectivity index (χ0n) is 12.9. The molecular weight excluding hydrogens is 304 g/mol. The third kappa shape index (κ3) is 2.41. The molecule has 4 heterocycles. The van der Waals surface area contributed by atoms with Crippen LogP contribution >= 0.6 is 0 Å². The topological polar surface area (TPSA) is 91.2 Å². The summed E-state index contributed by atoms with van der Waals surface area (Å²) in [6.07, 6.45) is 3.37. The number of hydrogen-bond acceptors (Lipinski definition) is 6. The molecule has 0 aliphatic rings. The van der Waals surface area contributed by atoms with Gasteiger partial charge in [0.25, 0.3) is 0 Å². The normalized spacial score (nSPS) is 10.9. The number of ether oxygens (including phenoxy) is 1. The van der Waals surface area contributed by atoms with Gasteiger partial charge in [-0.05, 0) is 36.4 Å². The van der Waals surface area contributed by atoms with Crippen LogP contribution in [-0.4, -0.2) is 31.7 Å². The monoisotopic (exact) mass is 318 g/mol. The second-order valence-corrected chi connectivity index (χ2v) is 5.17. The number of rotatable bonds is 3. The Morgan fingerprint density at radius 1 is 1.04 bits per heavy atom. The van der Waals surface area contributed by atoms with Crippen LogP contribution in [0.5, 0.6) is 5.75 Å². The molecule has 0 aliphatic heterocycles. The van der Waals surface area contributed by atoms with Gasteiger partial charge in [-0.1, -0.05) is 6.07 Å². The minimum absolute atomic E-state index is 0.481. The minimum Gasteiger partial charge on any atom is -0.495 e. The van der Waals surface area contributed by atoms with Gasteiger partial charge >= 0.3 is 0 Å². The Kier molecular flexibility index (Phi) is 3.31. The van der Waals surface area contributed by atoms with Crippen LogP contribution in [0.15, 0.2) is 54.9 Å². The van der Waals surface area contributed by atoms with Crippen LogP contribution in [0, 0.1) is 0 Å². The highest BCUT2D eigenvalue weighted by atomic mass is 16.5. The maximum atomic E-state index is 6.13. The molecule has 0 bridgehead atoms. The van der Waals surface area contributed by atoms with Gasteiger partial charge in [0.2, 0.25) is 5.82 Å². The highest BCUT2D eigenvalue weighted by Crippen LogP contribution is 2.24. The number of nitrogens with two attached hydrogens (primary N) is 1. The maximum absolute atomic E-state index is 6.13. The van der Waals surface area contributed by atoms with Crippen molar-refractivity contribution in [3.8, 4) is 28.5 Å². The van der Waals surface area contributed by atoms with Gasteiger partial charge < -0.3 is 10.5 Å². The van der Waals surface area contributed by atoms with Gasteiger partial charge in [0.15, 0.2) is 5.65 Å². The van der Waals surface area contributed by atoms with E-state index in [9.17, 15) is 0 Å². The number of nitrogens with zero attached hydrogens (tertiary/aromatic N) is 5. The van der Waals surface area contributed by atoms with Crippen LogP contribution in [-0.2, 0) is 0 Å². The molecule has 24 heavy (non-hydrogen) atoms. The van der Waals surface area contributed by atoms with E-state index in [4.69, 9.17) is 10.5 Å². The van der Waals surface area contributed by atoms with Gasteiger partial charge in [0.05, 0.1) is 19.0 Å². The highest BCUT2D eigenvalue weighted by Gasteiger charge is 2.11. The van der Waals surface area contributed by atoms with Crippen molar-refractivity contribution in [1.82, 2.24) is 24.6 Å². The number of nitrogen functional groups attached to an aromatic ring is 1. The lowest BCUT2D eigenvalue weighted by atomic mass is 10.1. The molecule has 0 atom stereocenters. The Hall–Kier alpha value is -3.48. The molecule has 0 fully saturated rings. The molecule has 0 unspecified atom stereocenters. The molecule has 0 radical (unpaired) electrons. The van der Waals surface area contributed by atoms with E-state index in [0.29, 0.717) is 28.7 Å². The zero-order chi connectivity index (χ0) is 16.5. The molecule has 4 aromatic rings. The first-order valence-corrected chi connectivity index (χ1v) is 7.33. The Bertz CT molecular complexity index is 995. The average molecular weight is 318 g/mol. The van der Waals surface area contributed by atoms with Crippen LogP contribution in [0.1, 0.15) is 0 Å². The second kappa shape index (κ2) is 5.62. The lowest BCUT2D eigenvalue weighted by Gasteiger charge is -2.05. The number of anilines is 1. The molecule has 7 heteroatoms. The summed E-state index contributed by atoms with van der Waals surface area (Å²) in [5.41, 5.74) is 9.12. The fraction of sp³-hybridized carbons (Fsp3) is 0.0588. The van der Waals surface area contributed by atoms with Crippen molar-refractivity contribution < 1.29 is 4.74 Å². The van der Waals surface area contributed by atoms with E-state index < -0.39 is 0 Å². The molecular formula is C17H14N6O. The summed E-state index contributed by atoms with van der Waals surface area (Å²) in [6.45, 7) is 0. The first kappa shape index (κ1) is 14.1. The van der Waals surface area contributed by atoms with Crippen molar-refractivity contribution in [3.63, 3.8) is 0 Å². The molecule has 0 amide bonds. The summed E-state index contributed by atoms with van der Waals surface area (Å²) in [5.74, 6) is 1.71. The summed E-state index contributed by atoms with van der Waals surface area (Å²) in [4.78, 5) is 13.2. The second-order valence-electron chi connectivity index (χ2n) is 5.17. The van der Waals surface area contributed by atoms with E-state index in [0.717, 1.165) is 11.3 Å². The van der Waals surface area contributed by atoms with Gasteiger partial charge in [0, 0.05) is 11.8 Å². The summed E-state index contributed by atoms with van der Waals surface area (Å²) in [6, 6.07) is 13.0. The van der Waals surface area contributed by atoms with Crippen LogP contribution in [0.4, 0.5) is 5.82 Å². The molecule has 0 aliphatic carbocycles. The van der Waals surface area contributed by atoms with Crippen LogP contribution in [0.3, 0.4) is 0 Å². The molecule has 7 nitrogen and oxygen atoms in total. The van der Waals surface area contributed by atoms with E-state index in [1.54, 1.807) is 24.0 Å². The smallest absolute Gasteiger partial charge is 0.200 e. The molecule has 0 saturated carbocycles. The quantitative estimate of drug-likeness (QED) is 0.624. The van der Waals surface area contributed by atoms with Crippen LogP contribution in [0.2, 0.25) is 0 Å². The molecule has 0 saturated heterocycles. The molecule has 0 spiro atoms. The van der Waals surface area contributed by atoms with Gasteiger partial charge in [-0.2, -0.15) is 4.52 Å². The molecule has 118 valence electrons. The maximum Gasteiger partial charge on any atom is 0.200 e. The van der Waals surface area contributed by atoms with Crippen molar-refractivity contribution in [3.05, 3.63) is 54.9 Å². The van der Waals surface area contributed by atoms with E-state index >= 15 is 0 Å². The van der Waals surface area contributed by atoms with Crippen LogP contribution < -0.4 is 10.5 Å². The highest BCUT2D eigenvalue weighted by molar-refractivity contribution is 5.69. The number of pyridine rings is 3. The number of aromatic nitrogens is 5. The SMILES string of the molecule is COc1ccc(-c2cc(N)n3nc(-c4ccccn4)nc3c2)nc1. The Labute approximate surface area is 137 Å². The minimum atomic E-state index is 0.481. The van der Waals surface area contributed by atoms with Crippen LogP contribution in [0.25, 0.3) is 28.4 Å². The molecule has 4 rings (SSSR count). The van der Waals surface area contributed by atoms with Crippen molar-refractivity contribution in [1.29, 1.82) is 0 Å². The van der Waals surface area contributed by atoms with Crippen molar-refractivity contribution in [2.45, 2.75) is 0 Å². The van der Waals surface area contributed by atoms with E-state index in [2.05, 4.69) is 20.1 Å². The summed E-state index contributed by atoms with van der Waals surface area (Å²) >= 11 is 0. The summed E-state index contributed by atoms with van der Waals surface area (Å²) in [5, 5.41) is 4.42. The van der Waals surface area contributed by atoms with E-state index in [-0.39, 0.29) is 0 Å². The molecule has 4 aromatic heterocycles. The Balaban J connectivity index is 1.81. The lowest BCUT2D eigenvalue weighted by Crippen LogP contribution is -1.99. The fourth-order valence-electron chi connectivity index (χ4n) is 2.43. The standard InChI is InChI=1S/C17H14N6O/c1-24-12-5-6-13(20-10-12)11-8-15(18)23-16(9-11)21-17(22-23)14-4-2-3-7-19-14/h2-10H,18H2,1H3. The number of fused-ring (bicyclic) bond motifs is 1. The summed E-state index contributed by atoms with van der Waals surface area (Å²) < 4.78 is 6.73. The third-order valence-corrected chi connectivity index (χ3v) is 3.63. The number of hydrogen-bond donors (Lipinski definition) is 1. The predicted octanol–water partition coefficient (Wildman–Crippen LogP) is 2.44. The van der Waals surface area contributed by atoms with E-state index in [1.165, 1.54) is 0 Å². The molecule has 2 N–H and O–H groups in total. The third-order valence-electron chi connectivity index (χ3n) is 3.63. The molecule has 0 aromatic carbocycles. The zero-order valence-corrected chi connectivity index (χ0v) is 12.9.